The minimum atomic E-state index is -0.769. The summed E-state index contributed by atoms with van der Waals surface area (Å²) in [5.41, 5.74) is -0.260. The van der Waals surface area contributed by atoms with Gasteiger partial charge in [-0.15, -0.1) is 5.10 Å². The number of nitrogens with one attached hydrogen (secondary N) is 1. The SMILES string of the molecule is C[C@@H]1Oc2ccccc2O[C@H]1C(=O)NCCn1nc(-n2cccn2)ccc1=O. The maximum absolute atomic E-state index is 12.5. The van der Waals surface area contributed by atoms with E-state index < -0.39 is 12.2 Å². The first kappa shape index (κ1) is 17.8. The van der Waals surface area contributed by atoms with Gasteiger partial charge in [0.25, 0.3) is 11.5 Å². The van der Waals surface area contributed by atoms with Crippen LogP contribution in [0.4, 0.5) is 0 Å². The smallest absolute Gasteiger partial charge is 0.266 e. The Hall–Kier alpha value is -3.62. The molecule has 3 aromatic rings. The fourth-order valence-corrected chi connectivity index (χ4v) is 2.92. The van der Waals surface area contributed by atoms with Crippen molar-refractivity contribution in [2.24, 2.45) is 0 Å². The van der Waals surface area contributed by atoms with E-state index >= 15 is 0 Å². The molecular weight excluding hydrogens is 362 g/mol. The van der Waals surface area contributed by atoms with Gasteiger partial charge in [0.1, 0.15) is 6.10 Å². The monoisotopic (exact) mass is 381 g/mol. The highest BCUT2D eigenvalue weighted by Crippen LogP contribution is 2.33. The minimum Gasteiger partial charge on any atom is -0.482 e. The molecule has 0 unspecified atom stereocenters. The number of rotatable bonds is 5. The van der Waals surface area contributed by atoms with E-state index in [2.05, 4.69) is 15.5 Å². The van der Waals surface area contributed by atoms with Crippen molar-refractivity contribution in [2.45, 2.75) is 25.7 Å². The molecule has 0 radical (unpaired) electrons. The molecule has 0 spiro atoms. The van der Waals surface area contributed by atoms with Gasteiger partial charge < -0.3 is 14.8 Å². The van der Waals surface area contributed by atoms with Crippen LogP contribution in [0.3, 0.4) is 0 Å². The molecule has 1 aliphatic rings. The number of para-hydroxylation sites is 2. The lowest BCUT2D eigenvalue weighted by molar-refractivity contribution is -0.133. The number of carbonyl (C=O) groups excluding carboxylic acids is 1. The van der Waals surface area contributed by atoms with E-state index in [1.54, 1.807) is 48.3 Å². The molecular formula is C19H19N5O4. The normalized spacial score (nSPS) is 17.9. The molecule has 0 saturated carbocycles. The van der Waals surface area contributed by atoms with E-state index in [1.807, 2.05) is 12.1 Å². The molecule has 3 heterocycles. The lowest BCUT2D eigenvalue weighted by atomic mass is 10.1. The summed E-state index contributed by atoms with van der Waals surface area (Å²) in [5.74, 6) is 1.36. The maximum Gasteiger partial charge on any atom is 0.266 e. The zero-order chi connectivity index (χ0) is 19.5. The van der Waals surface area contributed by atoms with Crippen LogP contribution in [0.1, 0.15) is 6.92 Å². The van der Waals surface area contributed by atoms with Gasteiger partial charge in [-0.25, -0.2) is 9.36 Å². The van der Waals surface area contributed by atoms with Crippen LogP contribution < -0.4 is 20.3 Å². The van der Waals surface area contributed by atoms with Gasteiger partial charge in [0.2, 0.25) is 6.10 Å². The quantitative estimate of drug-likeness (QED) is 0.701. The summed E-state index contributed by atoms with van der Waals surface area (Å²) in [5, 5.41) is 11.1. The number of hydrogen-bond acceptors (Lipinski definition) is 6. The van der Waals surface area contributed by atoms with E-state index in [9.17, 15) is 9.59 Å². The first-order valence-corrected chi connectivity index (χ1v) is 8.90. The molecule has 9 heteroatoms. The summed E-state index contributed by atoms with van der Waals surface area (Å²) in [6.07, 6.45) is 2.16. The summed E-state index contributed by atoms with van der Waals surface area (Å²) in [7, 11) is 0. The summed E-state index contributed by atoms with van der Waals surface area (Å²) in [6, 6.07) is 12.0. The minimum absolute atomic E-state index is 0.220. The Kier molecular flexibility index (Phi) is 4.79. The lowest BCUT2D eigenvalue weighted by Crippen LogP contribution is -2.49. The van der Waals surface area contributed by atoms with Crippen LogP contribution in [0.5, 0.6) is 11.5 Å². The predicted octanol–water partition coefficient (Wildman–Crippen LogP) is 0.774. The van der Waals surface area contributed by atoms with Crippen molar-refractivity contribution in [1.29, 1.82) is 0 Å². The van der Waals surface area contributed by atoms with Crippen LogP contribution in [0, 0.1) is 0 Å². The highest BCUT2D eigenvalue weighted by atomic mass is 16.6. The second-order valence-electron chi connectivity index (χ2n) is 6.30. The highest BCUT2D eigenvalue weighted by molar-refractivity contribution is 5.82. The number of benzene rings is 1. The Morgan fingerprint density at radius 1 is 1.14 bits per heavy atom. The number of fused-ring (bicyclic) bond motifs is 1. The number of carbonyl (C=O) groups is 1. The Bertz CT molecular complexity index is 1030. The Balaban J connectivity index is 1.38. The largest absolute Gasteiger partial charge is 0.482 e. The van der Waals surface area contributed by atoms with Crippen LogP contribution in [0.25, 0.3) is 5.82 Å². The Labute approximate surface area is 160 Å². The van der Waals surface area contributed by atoms with Crippen LogP contribution in [-0.2, 0) is 11.3 Å². The first-order chi connectivity index (χ1) is 13.6. The van der Waals surface area contributed by atoms with Crippen molar-refractivity contribution in [3.63, 3.8) is 0 Å². The van der Waals surface area contributed by atoms with Crippen molar-refractivity contribution in [1.82, 2.24) is 24.9 Å². The number of hydrogen-bond donors (Lipinski definition) is 1. The average Bonchev–Trinajstić information content (AvgIpc) is 3.23. The zero-order valence-corrected chi connectivity index (χ0v) is 15.2. The summed E-state index contributed by atoms with van der Waals surface area (Å²) < 4.78 is 14.4. The third-order valence-electron chi connectivity index (χ3n) is 4.32. The molecule has 1 aromatic carbocycles. The van der Waals surface area contributed by atoms with Crippen LogP contribution in [0.2, 0.25) is 0 Å². The number of ether oxygens (including phenoxy) is 2. The standard InChI is InChI=1S/C19H19N5O4/c1-13-18(28-15-6-3-2-5-14(15)27-13)19(26)20-10-12-24-17(25)8-7-16(22-24)23-11-4-9-21-23/h2-9,11,13,18H,10,12H2,1H3,(H,20,26)/t13-,18+/m0/s1. The van der Waals surface area contributed by atoms with Gasteiger partial charge in [-0.1, -0.05) is 12.1 Å². The van der Waals surface area contributed by atoms with Gasteiger partial charge in [-0.2, -0.15) is 5.10 Å². The molecule has 1 aliphatic heterocycles. The molecule has 28 heavy (non-hydrogen) atoms. The van der Waals surface area contributed by atoms with Crippen molar-refractivity contribution < 1.29 is 14.3 Å². The fraction of sp³-hybridized carbons (Fsp3) is 0.263. The van der Waals surface area contributed by atoms with E-state index in [1.165, 1.54) is 10.7 Å². The van der Waals surface area contributed by atoms with Gasteiger partial charge in [0.05, 0.1) is 6.54 Å². The van der Waals surface area contributed by atoms with Gasteiger partial charge >= 0.3 is 0 Å². The van der Waals surface area contributed by atoms with Crippen molar-refractivity contribution in [3.8, 4) is 17.3 Å². The van der Waals surface area contributed by atoms with E-state index in [-0.39, 0.29) is 24.6 Å². The lowest BCUT2D eigenvalue weighted by Gasteiger charge is -2.31. The molecule has 0 aliphatic carbocycles. The van der Waals surface area contributed by atoms with Crippen LogP contribution in [-0.4, -0.2) is 44.2 Å². The molecule has 144 valence electrons. The number of amides is 1. The summed E-state index contributed by atoms with van der Waals surface area (Å²) in [4.78, 5) is 24.5. The first-order valence-electron chi connectivity index (χ1n) is 8.90. The molecule has 1 N–H and O–H groups in total. The highest BCUT2D eigenvalue weighted by Gasteiger charge is 2.33. The molecule has 9 nitrogen and oxygen atoms in total. The molecule has 1 amide bonds. The second-order valence-corrected chi connectivity index (χ2v) is 6.30. The average molecular weight is 381 g/mol. The molecule has 0 bridgehead atoms. The number of nitrogens with zero attached hydrogens (tertiary/aromatic N) is 4. The van der Waals surface area contributed by atoms with Gasteiger partial charge in [0.15, 0.2) is 17.3 Å². The van der Waals surface area contributed by atoms with Gasteiger partial charge in [-0.3, -0.25) is 9.59 Å². The topological polar surface area (TPSA) is 100 Å². The Morgan fingerprint density at radius 2 is 1.93 bits per heavy atom. The molecule has 0 saturated heterocycles. The predicted molar refractivity (Wildman–Crippen MR) is 99.6 cm³/mol. The number of aromatic nitrogens is 4. The zero-order valence-electron chi connectivity index (χ0n) is 15.2. The van der Waals surface area contributed by atoms with Gasteiger partial charge in [-0.05, 0) is 31.2 Å². The van der Waals surface area contributed by atoms with E-state index in [0.717, 1.165) is 0 Å². The summed E-state index contributed by atoms with van der Waals surface area (Å²) in [6.45, 7) is 2.22. The fourth-order valence-electron chi connectivity index (χ4n) is 2.92. The van der Waals surface area contributed by atoms with E-state index in [0.29, 0.717) is 17.3 Å². The van der Waals surface area contributed by atoms with E-state index in [4.69, 9.17) is 9.47 Å². The van der Waals surface area contributed by atoms with Gasteiger partial charge in [0, 0.05) is 25.0 Å². The molecule has 0 fully saturated rings. The molecule has 2 aromatic heterocycles. The third kappa shape index (κ3) is 3.59. The third-order valence-corrected chi connectivity index (χ3v) is 4.32. The Morgan fingerprint density at radius 3 is 2.68 bits per heavy atom. The van der Waals surface area contributed by atoms with Crippen LogP contribution >= 0.6 is 0 Å². The van der Waals surface area contributed by atoms with Crippen molar-refractivity contribution >= 4 is 5.91 Å². The molecule has 4 rings (SSSR count). The van der Waals surface area contributed by atoms with Crippen molar-refractivity contribution in [3.05, 3.63) is 65.2 Å². The van der Waals surface area contributed by atoms with Crippen molar-refractivity contribution in [2.75, 3.05) is 6.54 Å². The molecule has 2 atom stereocenters. The second kappa shape index (κ2) is 7.55. The van der Waals surface area contributed by atoms with Crippen LogP contribution in [0.15, 0.2) is 59.7 Å². The summed E-state index contributed by atoms with van der Waals surface area (Å²) >= 11 is 0. The maximum atomic E-state index is 12.5.